The van der Waals surface area contributed by atoms with Gasteiger partial charge in [-0.25, -0.2) is 0 Å². The number of nitriles is 1. The van der Waals surface area contributed by atoms with Crippen LogP contribution in [0.2, 0.25) is 10.0 Å². The molecule has 0 radical (unpaired) electrons. The summed E-state index contributed by atoms with van der Waals surface area (Å²) in [4.78, 5) is 9.28. The standard InChI is InChI=1S/C20H10Cl2F3N3O/c21-13-6-12(7-14(22)8-13)19(20(23,24)25)9-17(28-29-19)15-4-5-27-18-11(10-26)2-1-3-16(15)18/h1-9,28H. The van der Waals surface area contributed by atoms with E-state index in [4.69, 9.17) is 28.0 Å². The lowest BCUT2D eigenvalue weighted by Gasteiger charge is -2.28. The van der Waals surface area contributed by atoms with Crippen molar-refractivity contribution in [1.29, 1.82) is 5.26 Å². The van der Waals surface area contributed by atoms with Crippen LogP contribution in [0.25, 0.3) is 16.6 Å². The monoisotopic (exact) mass is 435 g/mol. The second-order valence-electron chi connectivity index (χ2n) is 6.33. The highest BCUT2D eigenvalue weighted by Gasteiger charge is 2.59. The molecule has 0 fully saturated rings. The molecule has 1 unspecified atom stereocenters. The quantitative estimate of drug-likeness (QED) is 0.556. The molecule has 0 aliphatic carbocycles. The Morgan fingerprint density at radius 2 is 1.83 bits per heavy atom. The summed E-state index contributed by atoms with van der Waals surface area (Å²) in [5, 5.41) is 9.87. The Balaban J connectivity index is 1.94. The first-order chi connectivity index (χ1) is 13.7. The Labute approximate surface area is 173 Å². The highest BCUT2D eigenvalue weighted by atomic mass is 35.5. The van der Waals surface area contributed by atoms with Crippen LogP contribution in [0.5, 0.6) is 0 Å². The third-order valence-electron chi connectivity index (χ3n) is 4.56. The van der Waals surface area contributed by atoms with Gasteiger partial charge in [0.25, 0.3) is 0 Å². The zero-order valence-corrected chi connectivity index (χ0v) is 15.9. The van der Waals surface area contributed by atoms with E-state index in [1.807, 2.05) is 6.07 Å². The number of para-hydroxylation sites is 1. The van der Waals surface area contributed by atoms with E-state index in [0.29, 0.717) is 22.0 Å². The lowest BCUT2D eigenvalue weighted by atomic mass is 9.91. The summed E-state index contributed by atoms with van der Waals surface area (Å²) in [5.41, 5.74) is 0.512. The highest BCUT2D eigenvalue weighted by molar-refractivity contribution is 6.34. The van der Waals surface area contributed by atoms with Crippen LogP contribution < -0.4 is 5.48 Å². The van der Waals surface area contributed by atoms with E-state index < -0.39 is 11.8 Å². The second kappa shape index (κ2) is 6.92. The van der Waals surface area contributed by atoms with E-state index >= 15 is 0 Å². The number of nitrogens with one attached hydrogen (secondary N) is 1. The highest BCUT2D eigenvalue weighted by Crippen LogP contribution is 2.48. The van der Waals surface area contributed by atoms with Gasteiger partial charge >= 0.3 is 6.18 Å². The predicted octanol–water partition coefficient (Wildman–Crippen LogP) is 5.75. The van der Waals surface area contributed by atoms with Gasteiger partial charge in [0.15, 0.2) is 0 Å². The summed E-state index contributed by atoms with van der Waals surface area (Å²) in [5.74, 6) is 0. The Morgan fingerprint density at radius 1 is 1.10 bits per heavy atom. The van der Waals surface area contributed by atoms with Crippen molar-refractivity contribution in [3.8, 4) is 6.07 Å². The molecule has 1 aliphatic heterocycles. The molecular formula is C20H10Cl2F3N3O. The number of benzene rings is 2. The van der Waals surface area contributed by atoms with Gasteiger partial charge in [0.1, 0.15) is 6.07 Å². The van der Waals surface area contributed by atoms with Crippen LogP contribution in [0, 0.1) is 11.3 Å². The van der Waals surface area contributed by atoms with Crippen molar-refractivity contribution in [2.45, 2.75) is 11.8 Å². The first-order valence-electron chi connectivity index (χ1n) is 8.23. The summed E-state index contributed by atoms with van der Waals surface area (Å²) in [6, 6.07) is 12.1. The Bertz CT molecular complexity index is 1180. The van der Waals surface area contributed by atoms with Gasteiger partial charge in [-0.05, 0) is 36.4 Å². The van der Waals surface area contributed by atoms with Gasteiger partial charge in [-0.3, -0.25) is 15.3 Å². The second-order valence-corrected chi connectivity index (χ2v) is 7.20. The Kier molecular flexibility index (Phi) is 4.66. The average Bonchev–Trinajstić information content (AvgIpc) is 3.13. The molecule has 0 spiro atoms. The van der Waals surface area contributed by atoms with Gasteiger partial charge in [-0.2, -0.15) is 18.4 Å². The lowest BCUT2D eigenvalue weighted by molar-refractivity contribution is -0.269. The topological polar surface area (TPSA) is 57.9 Å². The van der Waals surface area contributed by atoms with Crippen molar-refractivity contribution in [2.24, 2.45) is 0 Å². The largest absolute Gasteiger partial charge is 0.428 e. The summed E-state index contributed by atoms with van der Waals surface area (Å²) >= 11 is 11.8. The van der Waals surface area contributed by atoms with Gasteiger partial charge in [0.2, 0.25) is 5.60 Å². The molecule has 1 N–H and O–H groups in total. The first kappa shape index (κ1) is 19.5. The van der Waals surface area contributed by atoms with Crippen LogP contribution in [-0.4, -0.2) is 11.2 Å². The Hall–Kier alpha value is -2.79. The number of alkyl halides is 3. The number of hydroxylamine groups is 1. The number of pyridine rings is 1. The van der Waals surface area contributed by atoms with E-state index in [2.05, 4.69) is 10.5 Å². The molecule has 0 amide bonds. The number of hydrogen-bond acceptors (Lipinski definition) is 4. The fraction of sp³-hybridized carbons (Fsp3) is 0.100. The van der Waals surface area contributed by atoms with Crippen molar-refractivity contribution in [1.82, 2.24) is 10.5 Å². The molecule has 2 heterocycles. The number of halogens is 5. The SMILES string of the molecule is N#Cc1cccc2c(C3=CC(c4cc(Cl)cc(Cl)c4)(C(F)(F)F)ON3)ccnc12. The molecule has 3 aromatic rings. The van der Waals surface area contributed by atoms with Crippen LogP contribution in [0.4, 0.5) is 13.2 Å². The summed E-state index contributed by atoms with van der Waals surface area (Å²) in [7, 11) is 0. The molecule has 1 aromatic heterocycles. The molecule has 0 bridgehead atoms. The van der Waals surface area contributed by atoms with Crippen molar-refractivity contribution < 1.29 is 18.0 Å². The third-order valence-corrected chi connectivity index (χ3v) is 5.00. The van der Waals surface area contributed by atoms with Crippen LogP contribution in [-0.2, 0) is 10.4 Å². The van der Waals surface area contributed by atoms with Gasteiger partial charge in [0, 0.05) is 32.8 Å². The normalized spacial score (nSPS) is 19.0. The van der Waals surface area contributed by atoms with E-state index in [9.17, 15) is 18.4 Å². The molecule has 9 heteroatoms. The molecule has 4 rings (SSSR count). The van der Waals surface area contributed by atoms with Gasteiger partial charge in [-0.15, -0.1) is 0 Å². The molecule has 1 aliphatic rings. The maximum absolute atomic E-state index is 14.1. The molecule has 0 saturated carbocycles. The number of fused-ring (bicyclic) bond motifs is 1. The fourth-order valence-electron chi connectivity index (χ4n) is 3.25. The van der Waals surface area contributed by atoms with E-state index in [1.165, 1.54) is 12.3 Å². The average molecular weight is 436 g/mol. The molecule has 146 valence electrons. The fourth-order valence-corrected chi connectivity index (χ4v) is 3.77. The minimum absolute atomic E-state index is 0.0506. The number of hydrogen-bond donors (Lipinski definition) is 1. The summed E-state index contributed by atoms with van der Waals surface area (Å²) in [6.45, 7) is 0. The molecule has 1 atom stereocenters. The number of aromatic nitrogens is 1. The molecule has 0 saturated heterocycles. The zero-order chi connectivity index (χ0) is 20.8. The summed E-state index contributed by atoms with van der Waals surface area (Å²) in [6.07, 6.45) is -2.45. The minimum Gasteiger partial charge on any atom is -0.265 e. The number of nitrogens with zero attached hydrogens (tertiary/aromatic N) is 2. The van der Waals surface area contributed by atoms with Crippen LogP contribution >= 0.6 is 23.2 Å². The summed E-state index contributed by atoms with van der Waals surface area (Å²) < 4.78 is 42.4. The number of rotatable bonds is 2. The third kappa shape index (κ3) is 3.19. The van der Waals surface area contributed by atoms with Gasteiger partial charge < -0.3 is 0 Å². The lowest BCUT2D eigenvalue weighted by Crippen LogP contribution is -2.42. The molecule has 29 heavy (non-hydrogen) atoms. The van der Waals surface area contributed by atoms with Crippen LogP contribution in [0.1, 0.15) is 16.7 Å². The smallest absolute Gasteiger partial charge is 0.265 e. The van der Waals surface area contributed by atoms with Crippen molar-refractivity contribution in [3.63, 3.8) is 0 Å². The minimum atomic E-state index is -4.81. The van der Waals surface area contributed by atoms with E-state index in [1.54, 1.807) is 24.3 Å². The molecule has 2 aromatic carbocycles. The van der Waals surface area contributed by atoms with E-state index in [0.717, 1.165) is 18.2 Å². The van der Waals surface area contributed by atoms with Crippen LogP contribution in [0.3, 0.4) is 0 Å². The van der Waals surface area contributed by atoms with Crippen LogP contribution in [0.15, 0.2) is 54.7 Å². The first-order valence-corrected chi connectivity index (χ1v) is 8.99. The van der Waals surface area contributed by atoms with Gasteiger partial charge in [-0.1, -0.05) is 35.3 Å². The van der Waals surface area contributed by atoms with Crippen molar-refractivity contribution in [2.75, 3.05) is 0 Å². The zero-order valence-electron chi connectivity index (χ0n) is 14.4. The maximum Gasteiger partial charge on any atom is 0.428 e. The van der Waals surface area contributed by atoms with Gasteiger partial charge in [0.05, 0.1) is 16.8 Å². The van der Waals surface area contributed by atoms with Crippen molar-refractivity contribution in [3.05, 3.63) is 81.5 Å². The van der Waals surface area contributed by atoms with Crippen molar-refractivity contribution >= 4 is 39.8 Å². The molecular weight excluding hydrogens is 426 g/mol. The molecule has 4 nitrogen and oxygen atoms in total. The Morgan fingerprint density at radius 3 is 2.48 bits per heavy atom. The predicted molar refractivity (Wildman–Crippen MR) is 103 cm³/mol. The maximum atomic E-state index is 14.1. The van der Waals surface area contributed by atoms with E-state index in [-0.39, 0.29) is 21.3 Å².